The maximum atomic E-state index is 4.35. The fourth-order valence-corrected chi connectivity index (χ4v) is 0.983. The van der Waals surface area contributed by atoms with E-state index in [2.05, 4.69) is 37.3 Å². The van der Waals surface area contributed by atoms with Crippen LogP contribution in [0.1, 0.15) is 26.5 Å². The third kappa shape index (κ3) is 2.66. The first-order chi connectivity index (χ1) is 5.72. The van der Waals surface area contributed by atoms with E-state index in [1.807, 2.05) is 10.9 Å². The zero-order chi connectivity index (χ0) is 8.97. The largest absolute Gasteiger partial charge is 0.309 e. The van der Waals surface area contributed by atoms with Crippen LogP contribution in [0, 0.1) is 0 Å². The second-order valence-electron chi connectivity index (χ2n) is 3.20. The molecule has 0 atom stereocenters. The van der Waals surface area contributed by atoms with Crippen molar-refractivity contribution in [3.8, 4) is 0 Å². The van der Waals surface area contributed by atoms with Crippen molar-refractivity contribution in [3.63, 3.8) is 0 Å². The lowest BCUT2D eigenvalue weighted by molar-refractivity contribution is 0.567. The Morgan fingerprint density at radius 1 is 1.58 bits per heavy atom. The van der Waals surface area contributed by atoms with Gasteiger partial charge in [-0.15, -0.1) is 0 Å². The summed E-state index contributed by atoms with van der Waals surface area (Å²) in [7, 11) is 0. The molecule has 0 aliphatic heterocycles. The van der Waals surface area contributed by atoms with E-state index in [1.165, 1.54) is 0 Å². The van der Waals surface area contributed by atoms with E-state index in [-0.39, 0.29) is 0 Å². The number of aromatic nitrogens is 2. The molecule has 3 nitrogen and oxygen atoms in total. The average molecular weight is 167 g/mol. The van der Waals surface area contributed by atoms with Crippen molar-refractivity contribution >= 4 is 0 Å². The van der Waals surface area contributed by atoms with Crippen LogP contribution in [0.4, 0.5) is 0 Å². The first-order valence-electron chi connectivity index (χ1n) is 4.48. The first kappa shape index (κ1) is 9.26. The van der Waals surface area contributed by atoms with E-state index in [4.69, 9.17) is 0 Å². The van der Waals surface area contributed by atoms with Crippen molar-refractivity contribution in [3.05, 3.63) is 18.0 Å². The summed E-state index contributed by atoms with van der Waals surface area (Å²) in [6.45, 7) is 8.17. The summed E-state index contributed by atoms with van der Waals surface area (Å²) >= 11 is 0. The highest BCUT2D eigenvalue weighted by atomic mass is 15.3. The zero-order valence-electron chi connectivity index (χ0n) is 8.04. The van der Waals surface area contributed by atoms with Gasteiger partial charge in [-0.05, 0) is 13.0 Å². The minimum absolute atomic E-state index is 0.525. The van der Waals surface area contributed by atoms with Crippen LogP contribution < -0.4 is 5.32 Å². The van der Waals surface area contributed by atoms with Crippen LogP contribution >= 0.6 is 0 Å². The molecule has 0 radical (unpaired) electrons. The number of rotatable bonds is 4. The van der Waals surface area contributed by atoms with Gasteiger partial charge in [-0.25, -0.2) is 0 Å². The number of hydrogen-bond acceptors (Lipinski definition) is 2. The maximum absolute atomic E-state index is 4.35. The topological polar surface area (TPSA) is 29.9 Å². The van der Waals surface area contributed by atoms with Crippen molar-refractivity contribution in [2.24, 2.45) is 0 Å². The standard InChI is InChI=1S/C9H17N3/c1-4-12-6-5-9(11-12)7-10-8(2)3/h5-6,8,10H,4,7H2,1-3H3. The normalized spacial score (nSPS) is 11.0. The molecular weight excluding hydrogens is 150 g/mol. The van der Waals surface area contributed by atoms with E-state index in [1.54, 1.807) is 0 Å². The Hall–Kier alpha value is -0.830. The summed E-state index contributed by atoms with van der Waals surface area (Å²) in [4.78, 5) is 0. The molecule has 0 amide bonds. The van der Waals surface area contributed by atoms with Gasteiger partial charge in [0.15, 0.2) is 0 Å². The van der Waals surface area contributed by atoms with Crippen molar-refractivity contribution in [2.75, 3.05) is 0 Å². The van der Waals surface area contributed by atoms with Gasteiger partial charge in [0, 0.05) is 25.3 Å². The van der Waals surface area contributed by atoms with E-state index in [9.17, 15) is 0 Å². The Labute approximate surface area is 73.8 Å². The molecule has 0 aliphatic rings. The summed E-state index contributed by atoms with van der Waals surface area (Å²) < 4.78 is 1.94. The van der Waals surface area contributed by atoms with Gasteiger partial charge < -0.3 is 5.32 Å². The molecule has 0 aliphatic carbocycles. The van der Waals surface area contributed by atoms with E-state index in [0.717, 1.165) is 18.8 Å². The monoisotopic (exact) mass is 167 g/mol. The Morgan fingerprint density at radius 3 is 2.83 bits per heavy atom. The van der Waals surface area contributed by atoms with Crippen LogP contribution in [0.15, 0.2) is 12.3 Å². The second kappa shape index (κ2) is 4.26. The highest BCUT2D eigenvalue weighted by molar-refractivity contribution is 4.98. The Bertz CT molecular complexity index is 227. The van der Waals surface area contributed by atoms with E-state index < -0.39 is 0 Å². The molecule has 1 rings (SSSR count). The van der Waals surface area contributed by atoms with Crippen LogP contribution in [0.2, 0.25) is 0 Å². The second-order valence-corrected chi connectivity index (χ2v) is 3.20. The number of hydrogen-bond donors (Lipinski definition) is 1. The molecule has 1 heterocycles. The van der Waals surface area contributed by atoms with Crippen LogP contribution in [0.25, 0.3) is 0 Å². The Morgan fingerprint density at radius 2 is 2.33 bits per heavy atom. The number of aryl methyl sites for hydroxylation is 1. The molecule has 1 N–H and O–H groups in total. The van der Waals surface area contributed by atoms with Gasteiger partial charge in [0.05, 0.1) is 5.69 Å². The Balaban J connectivity index is 2.41. The Kier molecular flexibility index (Phi) is 3.29. The zero-order valence-corrected chi connectivity index (χ0v) is 8.04. The molecule has 0 fully saturated rings. The summed E-state index contributed by atoms with van der Waals surface area (Å²) in [5.41, 5.74) is 1.12. The lowest BCUT2D eigenvalue weighted by atomic mass is 10.3. The molecule has 1 aromatic heterocycles. The van der Waals surface area contributed by atoms with Crippen molar-refractivity contribution in [1.82, 2.24) is 15.1 Å². The summed E-state index contributed by atoms with van der Waals surface area (Å²) in [5, 5.41) is 7.68. The van der Waals surface area contributed by atoms with Crippen LogP contribution in [0.5, 0.6) is 0 Å². The van der Waals surface area contributed by atoms with Gasteiger partial charge in [-0.3, -0.25) is 4.68 Å². The van der Waals surface area contributed by atoms with Gasteiger partial charge in [-0.2, -0.15) is 5.10 Å². The highest BCUT2D eigenvalue weighted by Crippen LogP contribution is 1.95. The number of nitrogens with one attached hydrogen (secondary N) is 1. The van der Waals surface area contributed by atoms with Crippen molar-refractivity contribution in [1.29, 1.82) is 0 Å². The van der Waals surface area contributed by atoms with Gasteiger partial charge in [0.1, 0.15) is 0 Å². The predicted molar refractivity (Wildman–Crippen MR) is 49.9 cm³/mol. The van der Waals surface area contributed by atoms with Crippen LogP contribution in [-0.4, -0.2) is 15.8 Å². The SMILES string of the molecule is CCn1ccc(CNC(C)C)n1. The minimum Gasteiger partial charge on any atom is -0.309 e. The van der Waals surface area contributed by atoms with Crippen LogP contribution in [0.3, 0.4) is 0 Å². The summed E-state index contributed by atoms with van der Waals surface area (Å²) in [6.07, 6.45) is 2.01. The minimum atomic E-state index is 0.525. The van der Waals surface area contributed by atoms with Gasteiger partial charge in [0.25, 0.3) is 0 Å². The fourth-order valence-electron chi connectivity index (χ4n) is 0.983. The quantitative estimate of drug-likeness (QED) is 0.734. The van der Waals surface area contributed by atoms with E-state index >= 15 is 0 Å². The lowest BCUT2D eigenvalue weighted by Crippen LogP contribution is -2.22. The molecule has 68 valence electrons. The smallest absolute Gasteiger partial charge is 0.0762 e. The molecular formula is C9H17N3. The van der Waals surface area contributed by atoms with E-state index in [0.29, 0.717) is 6.04 Å². The third-order valence-corrected chi connectivity index (χ3v) is 1.71. The average Bonchev–Trinajstić information content (AvgIpc) is 2.48. The molecule has 0 aromatic carbocycles. The van der Waals surface area contributed by atoms with Gasteiger partial charge >= 0.3 is 0 Å². The molecule has 0 bridgehead atoms. The molecule has 0 saturated carbocycles. The molecule has 12 heavy (non-hydrogen) atoms. The maximum Gasteiger partial charge on any atom is 0.0762 e. The highest BCUT2D eigenvalue weighted by Gasteiger charge is 1.97. The molecule has 0 saturated heterocycles. The molecule has 0 unspecified atom stereocenters. The van der Waals surface area contributed by atoms with Gasteiger partial charge in [0.2, 0.25) is 0 Å². The lowest BCUT2D eigenvalue weighted by Gasteiger charge is -2.04. The van der Waals surface area contributed by atoms with Gasteiger partial charge in [-0.1, -0.05) is 13.8 Å². The molecule has 3 heteroatoms. The first-order valence-corrected chi connectivity index (χ1v) is 4.48. The summed E-state index contributed by atoms with van der Waals surface area (Å²) in [6, 6.07) is 2.58. The molecule has 1 aromatic rings. The van der Waals surface area contributed by atoms with Crippen molar-refractivity contribution in [2.45, 2.75) is 39.9 Å². The van der Waals surface area contributed by atoms with Crippen LogP contribution in [-0.2, 0) is 13.1 Å². The molecule has 0 spiro atoms. The number of nitrogens with zero attached hydrogens (tertiary/aromatic N) is 2. The van der Waals surface area contributed by atoms with Crippen molar-refractivity contribution < 1.29 is 0 Å². The predicted octanol–water partition coefficient (Wildman–Crippen LogP) is 1.40. The third-order valence-electron chi connectivity index (χ3n) is 1.71. The fraction of sp³-hybridized carbons (Fsp3) is 0.667. The summed E-state index contributed by atoms with van der Waals surface area (Å²) in [5.74, 6) is 0.